The Balaban J connectivity index is 0.00000267. The summed E-state index contributed by atoms with van der Waals surface area (Å²) in [7, 11) is 11.7. The normalized spacial score (nSPS) is 11.0. The van der Waals surface area contributed by atoms with Gasteiger partial charge in [-0.25, -0.2) is 9.13 Å². The Morgan fingerprint density at radius 2 is 1.00 bits per heavy atom. The maximum absolute atomic E-state index is 4.33. The molecule has 0 amide bonds. The smallest absolute Gasteiger partial charge is 0.403 e. The van der Waals surface area contributed by atoms with Crippen LogP contribution < -0.4 is 52.9 Å². The van der Waals surface area contributed by atoms with Gasteiger partial charge in [0.05, 0.1) is 39.6 Å². The van der Waals surface area contributed by atoms with E-state index in [-0.39, 0.29) is 34.0 Å². The Hall–Kier alpha value is -3.52. The molecule has 0 bridgehead atoms. The molecule has 2 aromatic heterocycles. The van der Waals surface area contributed by atoms with Crippen LogP contribution >= 0.6 is 0 Å². The van der Waals surface area contributed by atoms with E-state index in [9.17, 15) is 0 Å². The summed E-state index contributed by atoms with van der Waals surface area (Å²) in [6.07, 6.45) is 4.43. The van der Waals surface area contributed by atoms with Crippen molar-refractivity contribution < 1.29 is 43.1 Å². The number of benzene rings is 2. The lowest BCUT2D eigenvalue weighted by atomic mass is 10.2. The average molecular weight is 662 g/mol. The van der Waals surface area contributed by atoms with E-state index in [0.717, 1.165) is 42.3 Å². The maximum Gasteiger partial charge on any atom is 0.403 e. The fraction of sp³-hybridized carbons (Fsp3) is 0.360. The molecule has 0 atom stereocenters. The molecule has 2 aromatic carbocycles. The molecule has 0 saturated carbocycles. The van der Waals surface area contributed by atoms with E-state index in [1.54, 1.807) is 22.0 Å². The molecule has 0 aliphatic rings. The molecule has 208 valence electrons. The van der Waals surface area contributed by atoms with E-state index in [2.05, 4.69) is 78.8 Å². The van der Waals surface area contributed by atoms with E-state index < -0.39 is 0 Å². The zero-order valence-corrected chi connectivity index (χ0v) is 26.2. The lowest BCUT2D eigenvalue weighted by molar-refractivity contribution is -0.659. The molecule has 12 nitrogen and oxygen atoms in total. The van der Waals surface area contributed by atoms with Gasteiger partial charge in [-0.2, -0.15) is 0 Å². The van der Waals surface area contributed by atoms with Gasteiger partial charge in [0.2, 0.25) is 12.7 Å². The highest BCUT2D eigenvalue weighted by atomic mass is 79.9. The summed E-state index contributed by atoms with van der Waals surface area (Å²) >= 11 is 0. The number of aryl methyl sites for hydroxylation is 4. The number of anilines is 2. The van der Waals surface area contributed by atoms with E-state index in [1.165, 1.54) is 0 Å². The zero-order valence-electron chi connectivity index (χ0n) is 23.0. The minimum absolute atomic E-state index is 0. The third kappa shape index (κ3) is 8.23. The van der Waals surface area contributed by atoms with Crippen molar-refractivity contribution in [2.45, 2.75) is 6.42 Å². The summed E-state index contributed by atoms with van der Waals surface area (Å²) in [5.74, 6) is 1.37. The van der Waals surface area contributed by atoms with Gasteiger partial charge >= 0.3 is 11.9 Å². The molecule has 0 N–H and O–H groups in total. The largest absolute Gasteiger partial charge is 1.00 e. The van der Waals surface area contributed by atoms with Gasteiger partial charge in [-0.1, -0.05) is 10.2 Å². The molecule has 4 aromatic rings. The van der Waals surface area contributed by atoms with Crippen molar-refractivity contribution in [2.24, 2.45) is 48.6 Å². The second kappa shape index (κ2) is 14.6. The quantitative estimate of drug-likeness (QED) is 0.140. The molecule has 0 fully saturated rings. The first-order valence-electron chi connectivity index (χ1n) is 12.0. The Labute approximate surface area is 249 Å². The molecule has 0 saturated heterocycles. The Kier molecular flexibility index (Phi) is 11.9. The van der Waals surface area contributed by atoms with Crippen LogP contribution in [0.3, 0.4) is 0 Å². The van der Waals surface area contributed by atoms with Crippen molar-refractivity contribution in [1.29, 1.82) is 0 Å². The molecule has 14 heteroatoms. The second-order valence-electron chi connectivity index (χ2n) is 8.96. The third-order valence-corrected chi connectivity index (χ3v) is 6.08. The van der Waals surface area contributed by atoms with Gasteiger partial charge in [0.1, 0.15) is 0 Å². The van der Waals surface area contributed by atoms with Crippen molar-refractivity contribution in [3.63, 3.8) is 0 Å². The van der Waals surface area contributed by atoms with Crippen LogP contribution in [0, 0.1) is 0 Å². The second-order valence-corrected chi connectivity index (χ2v) is 8.96. The van der Waals surface area contributed by atoms with Crippen LogP contribution in [-0.4, -0.2) is 46.7 Å². The first-order chi connectivity index (χ1) is 17.8. The minimum atomic E-state index is 0. The SMILES string of the molecule is CN(CCCN(C)c1ccc(N=Nc2n(C)nc[n+]2C)cc1)c1ccc(N=Nc2n(C)nc[n+]2C)cc1.[Br-].[Br-]. The molecular formula is C25H34Br2N12. The van der Waals surface area contributed by atoms with Crippen LogP contribution in [0.25, 0.3) is 0 Å². The molecular weight excluding hydrogens is 628 g/mol. The molecule has 4 rings (SSSR count). The predicted molar refractivity (Wildman–Crippen MR) is 141 cm³/mol. The predicted octanol–water partition coefficient (Wildman–Crippen LogP) is -2.40. The Morgan fingerprint density at radius 1 is 0.641 bits per heavy atom. The standard InChI is InChI=1S/C25H34N12.2BrH/c1-32(22-12-8-20(9-13-22)28-30-24-34(3)18-26-36(24)5)16-7-17-33(2)23-14-10-21(11-15-23)29-31-25-35(4)19-27-37(25)6;;/h8-15,18-19H,7,16-17H2,1-6H3;2*1H/q+2;;/p-2. The number of azo groups is 2. The van der Waals surface area contributed by atoms with Gasteiger partial charge < -0.3 is 43.8 Å². The topological polar surface area (TPSA) is 99.3 Å². The third-order valence-electron chi connectivity index (χ3n) is 6.08. The summed E-state index contributed by atoms with van der Waals surface area (Å²) in [6.45, 7) is 1.87. The van der Waals surface area contributed by atoms with E-state index in [0.29, 0.717) is 11.9 Å². The van der Waals surface area contributed by atoms with E-state index >= 15 is 0 Å². The van der Waals surface area contributed by atoms with Crippen LogP contribution in [0.15, 0.2) is 81.6 Å². The van der Waals surface area contributed by atoms with Crippen molar-refractivity contribution in [3.05, 3.63) is 61.2 Å². The highest BCUT2D eigenvalue weighted by Gasteiger charge is 2.12. The van der Waals surface area contributed by atoms with Crippen LogP contribution in [-0.2, 0) is 28.2 Å². The van der Waals surface area contributed by atoms with Crippen molar-refractivity contribution >= 4 is 34.6 Å². The van der Waals surface area contributed by atoms with Gasteiger partial charge in [-0.05, 0) is 65.1 Å². The highest BCUT2D eigenvalue weighted by Crippen LogP contribution is 2.22. The van der Waals surface area contributed by atoms with E-state index in [1.807, 2.05) is 61.6 Å². The molecule has 0 spiro atoms. The summed E-state index contributed by atoms with van der Waals surface area (Å²) in [5.41, 5.74) is 3.89. The Bertz CT molecular complexity index is 1230. The van der Waals surface area contributed by atoms with Crippen LogP contribution in [0.5, 0.6) is 0 Å². The monoisotopic (exact) mass is 660 g/mol. The fourth-order valence-electron chi connectivity index (χ4n) is 3.80. The summed E-state index contributed by atoms with van der Waals surface area (Å²) < 4.78 is 7.02. The van der Waals surface area contributed by atoms with Gasteiger partial charge in [-0.15, -0.1) is 9.36 Å². The lowest BCUT2D eigenvalue weighted by Gasteiger charge is -2.23. The summed E-state index contributed by atoms with van der Waals surface area (Å²) in [5, 5.41) is 25.6. The molecule has 0 radical (unpaired) electrons. The minimum Gasteiger partial charge on any atom is -1.00 e. The fourth-order valence-corrected chi connectivity index (χ4v) is 3.80. The first kappa shape index (κ1) is 31.7. The van der Waals surface area contributed by atoms with Crippen molar-refractivity contribution in [1.82, 2.24) is 19.6 Å². The molecule has 2 heterocycles. The highest BCUT2D eigenvalue weighted by molar-refractivity contribution is 5.53. The summed E-state index contributed by atoms with van der Waals surface area (Å²) in [6, 6.07) is 16.2. The van der Waals surface area contributed by atoms with Crippen molar-refractivity contribution in [3.8, 4) is 0 Å². The van der Waals surface area contributed by atoms with Crippen LogP contribution in [0.2, 0.25) is 0 Å². The van der Waals surface area contributed by atoms with Crippen molar-refractivity contribution in [2.75, 3.05) is 37.0 Å². The number of hydrogen-bond donors (Lipinski definition) is 0. The number of halogens is 2. The van der Waals surface area contributed by atoms with E-state index in [4.69, 9.17) is 0 Å². The Morgan fingerprint density at radius 3 is 1.31 bits per heavy atom. The molecule has 0 aliphatic carbocycles. The maximum atomic E-state index is 4.33. The van der Waals surface area contributed by atoms with Gasteiger partial charge in [0.15, 0.2) is 0 Å². The number of nitrogens with zero attached hydrogens (tertiary/aromatic N) is 12. The lowest BCUT2D eigenvalue weighted by Crippen LogP contribution is -3.00. The van der Waals surface area contributed by atoms with Crippen LogP contribution in [0.4, 0.5) is 34.6 Å². The molecule has 0 unspecified atom stereocenters. The number of rotatable bonds is 10. The molecule has 0 aliphatic heterocycles. The molecule has 39 heavy (non-hydrogen) atoms. The van der Waals surface area contributed by atoms with Crippen LogP contribution in [0.1, 0.15) is 6.42 Å². The zero-order chi connectivity index (χ0) is 26.4. The first-order valence-corrected chi connectivity index (χ1v) is 12.0. The van der Waals surface area contributed by atoms with Gasteiger partial charge in [0.25, 0.3) is 0 Å². The number of aromatic nitrogens is 6. The van der Waals surface area contributed by atoms with Gasteiger partial charge in [-0.3, -0.25) is 0 Å². The summed E-state index contributed by atoms with van der Waals surface area (Å²) in [4.78, 5) is 4.50. The number of hydrogen-bond acceptors (Lipinski definition) is 8. The average Bonchev–Trinajstić information content (AvgIpc) is 3.40. The van der Waals surface area contributed by atoms with Gasteiger partial charge in [0, 0.05) is 48.8 Å².